The van der Waals surface area contributed by atoms with Crippen LogP contribution in [0.5, 0.6) is 0 Å². The molecule has 0 amide bonds. The summed E-state index contributed by atoms with van der Waals surface area (Å²) in [5.41, 5.74) is 2.81. The number of thiocarbonyl (C=S) groups is 1. The molecule has 0 bridgehead atoms. The van der Waals surface area contributed by atoms with Gasteiger partial charge in [-0.15, -0.1) is 16.4 Å². The lowest BCUT2D eigenvalue weighted by atomic mass is 10.2. The zero-order valence-corrected chi connectivity index (χ0v) is 18.0. The quantitative estimate of drug-likeness (QED) is 0.456. The van der Waals surface area contributed by atoms with Gasteiger partial charge in [0.05, 0.1) is 19.4 Å². The first-order valence-electron chi connectivity index (χ1n) is 9.20. The van der Waals surface area contributed by atoms with Crippen LogP contribution in [0.15, 0.2) is 23.7 Å². The van der Waals surface area contributed by atoms with Gasteiger partial charge in [0.2, 0.25) is 5.65 Å². The Labute approximate surface area is 181 Å². The van der Waals surface area contributed by atoms with E-state index in [1.54, 1.807) is 12.3 Å². The summed E-state index contributed by atoms with van der Waals surface area (Å²) in [5.74, 6) is -0.389. The van der Waals surface area contributed by atoms with E-state index in [1.807, 2.05) is 23.3 Å². The Balaban J connectivity index is 1.37. The molecule has 1 fully saturated rings. The standard InChI is InChI=1S/C18H20N6O4S2/c1-11-10-30-15(17(25)26-2)14(11)20-18(29)23-6-7-27-12(8-23)9-28-24-16-13(21-22-24)4-3-5-19-16/h3-5,10,12H,6-9H2,1-2H3,(H,20,29). The second kappa shape index (κ2) is 8.90. The highest BCUT2D eigenvalue weighted by Crippen LogP contribution is 2.28. The molecule has 1 aliphatic heterocycles. The fraction of sp³-hybridized carbons (Fsp3) is 0.389. The number of methoxy groups -OCH3 is 1. The summed E-state index contributed by atoms with van der Waals surface area (Å²) in [5, 5.41) is 13.6. The molecule has 1 unspecified atom stereocenters. The van der Waals surface area contributed by atoms with Crippen LogP contribution in [0.3, 0.4) is 0 Å². The summed E-state index contributed by atoms with van der Waals surface area (Å²) in [7, 11) is 1.36. The Morgan fingerprint density at radius 2 is 2.37 bits per heavy atom. The lowest BCUT2D eigenvalue weighted by Crippen LogP contribution is -2.49. The molecule has 12 heteroatoms. The number of nitrogens with one attached hydrogen (secondary N) is 1. The smallest absolute Gasteiger partial charge is 0.350 e. The number of pyridine rings is 1. The molecule has 3 aromatic heterocycles. The molecule has 4 heterocycles. The van der Waals surface area contributed by atoms with Crippen molar-refractivity contribution in [2.45, 2.75) is 13.0 Å². The van der Waals surface area contributed by atoms with Gasteiger partial charge in [0.25, 0.3) is 0 Å². The maximum atomic E-state index is 12.0. The fourth-order valence-corrected chi connectivity index (χ4v) is 4.21. The predicted molar refractivity (Wildman–Crippen MR) is 115 cm³/mol. The van der Waals surface area contributed by atoms with E-state index in [0.29, 0.717) is 46.5 Å². The van der Waals surface area contributed by atoms with Crippen molar-refractivity contribution >= 4 is 51.5 Å². The molecule has 0 spiro atoms. The zero-order chi connectivity index (χ0) is 21.1. The second-order valence-corrected chi connectivity index (χ2v) is 7.85. The Bertz CT molecular complexity index is 1070. The Morgan fingerprint density at radius 3 is 3.20 bits per heavy atom. The predicted octanol–water partition coefficient (Wildman–Crippen LogP) is 1.51. The van der Waals surface area contributed by atoms with Gasteiger partial charge in [-0.2, -0.15) is 0 Å². The summed E-state index contributed by atoms with van der Waals surface area (Å²) in [6.45, 7) is 3.84. The molecule has 1 saturated heterocycles. The number of carbonyl (C=O) groups excluding carboxylic acids is 1. The SMILES string of the molecule is COC(=O)c1scc(C)c1NC(=S)N1CCOC(COn2nnc3cccnc32)C1. The molecule has 3 aromatic rings. The number of anilines is 1. The van der Waals surface area contributed by atoms with Crippen LogP contribution in [0.1, 0.15) is 15.2 Å². The molecule has 0 aromatic carbocycles. The van der Waals surface area contributed by atoms with E-state index in [2.05, 4.69) is 20.6 Å². The van der Waals surface area contributed by atoms with Gasteiger partial charge in [-0.3, -0.25) is 0 Å². The van der Waals surface area contributed by atoms with Crippen molar-refractivity contribution < 1.29 is 19.1 Å². The third-order valence-electron chi connectivity index (χ3n) is 4.57. The molecule has 4 rings (SSSR count). The molecule has 1 aliphatic rings. The maximum absolute atomic E-state index is 12.0. The summed E-state index contributed by atoms with van der Waals surface area (Å²) in [6.07, 6.45) is 1.44. The van der Waals surface area contributed by atoms with Gasteiger partial charge >= 0.3 is 5.97 Å². The van der Waals surface area contributed by atoms with Gasteiger partial charge in [0.1, 0.15) is 23.1 Å². The van der Waals surface area contributed by atoms with Crippen molar-refractivity contribution in [1.29, 1.82) is 0 Å². The number of aryl methyl sites for hydroxylation is 1. The van der Waals surface area contributed by atoms with Crippen molar-refractivity contribution in [3.63, 3.8) is 0 Å². The van der Waals surface area contributed by atoms with Crippen LogP contribution in [0, 0.1) is 6.92 Å². The van der Waals surface area contributed by atoms with Gasteiger partial charge in [-0.1, -0.05) is 4.85 Å². The molecule has 1 N–H and O–H groups in total. The summed E-state index contributed by atoms with van der Waals surface area (Å²) in [4.78, 5) is 25.7. The molecule has 158 valence electrons. The molecule has 10 nitrogen and oxygen atoms in total. The number of hydrogen-bond donors (Lipinski definition) is 1. The Hall–Kier alpha value is -2.83. The first-order valence-corrected chi connectivity index (χ1v) is 10.5. The number of morpholine rings is 1. The largest absolute Gasteiger partial charge is 0.465 e. The number of thiophene rings is 1. The van der Waals surface area contributed by atoms with Crippen molar-refractivity contribution in [3.8, 4) is 0 Å². The summed E-state index contributed by atoms with van der Waals surface area (Å²) < 4.78 is 10.7. The number of carbonyl (C=O) groups is 1. The average molecular weight is 449 g/mol. The minimum Gasteiger partial charge on any atom is -0.465 e. The van der Waals surface area contributed by atoms with Crippen LogP contribution in [-0.4, -0.2) is 75.6 Å². The van der Waals surface area contributed by atoms with Crippen LogP contribution in [0.4, 0.5) is 5.69 Å². The number of nitrogens with zero attached hydrogens (tertiary/aromatic N) is 5. The average Bonchev–Trinajstić information content (AvgIpc) is 3.35. The Kier molecular flexibility index (Phi) is 6.06. The number of fused-ring (bicyclic) bond motifs is 1. The lowest BCUT2D eigenvalue weighted by Gasteiger charge is -2.34. The van der Waals surface area contributed by atoms with Crippen molar-refractivity contribution in [1.82, 2.24) is 25.0 Å². The van der Waals surface area contributed by atoms with E-state index in [4.69, 9.17) is 26.5 Å². The molecule has 30 heavy (non-hydrogen) atoms. The number of hydrogen-bond acceptors (Lipinski definition) is 9. The molecule has 0 radical (unpaired) electrons. The highest BCUT2D eigenvalue weighted by Gasteiger charge is 2.25. The minimum absolute atomic E-state index is 0.217. The van der Waals surface area contributed by atoms with Crippen LogP contribution < -0.4 is 10.2 Å². The van der Waals surface area contributed by atoms with Gasteiger partial charge in [0, 0.05) is 19.3 Å². The lowest BCUT2D eigenvalue weighted by molar-refractivity contribution is -0.0609. The topological polar surface area (TPSA) is 104 Å². The Morgan fingerprint density at radius 1 is 1.50 bits per heavy atom. The third kappa shape index (κ3) is 4.20. The second-order valence-electron chi connectivity index (χ2n) is 6.59. The summed E-state index contributed by atoms with van der Waals surface area (Å²) >= 11 is 6.90. The van der Waals surface area contributed by atoms with Crippen molar-refractivity contribution in [2.24, 2.45) is 0 Å². The first kappa shape index (κ1) is 20.4. The highest BCUT2D eigenvalue weighted by atomic mass is 32.1. The molecule has 0 saturated carbocycles. The van der Waals surface area contributed by atoms with Crippen LogP contribution in [0.2, 0.25) is 0 Å². The number of esters is 1. The van der Waals surface area contributed by atoms with Gasteiger partial charge < -0.3 is 24.5 Å². The number of rotatable bonds is 5. The van der Waals surface area contributed by atoms with Crippen LogP contribution in [0.25, 0.3) is 11.2 Å². The zero-order valence-electron chi connectivity index (χ0n) is 16.4. The molecule has 1 atom stereocenters. The van der Waals surface area contributed by atoms with Gasteiger partial charge in [-0.05, 0) is 47.4 Å². The highest BCUT2D eigenvalue weighted by molar-refractivity contribution is 7.80. The molecular weight excluding hydrogens is 428 g/mol. The minimum atomic E-state index is -0.389. The van der Waals surface area contributed by atoms with E-state index >= 15 is 0 Å². The van der Waals surface area contributed by atoms with Crippen molar-refractivity contribution in [2.75, 3.05) is 38.7 Å². The van der Waals surface area contributed by atoms with E-state index < -0.39 is 0 Å². The van der Waals surface area contributed by atoms with E-state index in [0.717, 1.165) is 5.56 Å². The monoisotopic (exact) mass is 448 g/mol. The van der Waals surface area contributed by atoms with Gasteiger partial charge in [-0.25, -0.2) is 9.78 Å². The molecule has 0 aliphatic carbocycles. The fourth-order valence-electron chi connectivity index (χ4n) is 3.02. The summed E-state index contributed by atoms with van der Waals surface area (Å²) in [6, 6.07) is 3.60. The van der Waals surface area contributed by atoms with Gasteiger partial charge in [0.15, 0.2) is 5.11 Å². The number of aromatic nitrogens is 4. The number of ether oxygens (including phenoxy) is 2. The van der Waals surface area contributed by atoms with E-state index in [9.17, 15) is 4.79 Å². The molecular formula is C18H20N6O4S2. The van der Waals surface area contributed by atoms with Crippen molar-refractivity contribution in [3.05, 3.63) is 34.2 Å². The van der Waals surface area contributed by atoms with Crippen LogP contribution >= 0.6 is 23.6 Å². The van der Waals surface area contributed by atoms with E-state index in [-0.39, 0.29) is 18.7 Å². The third-order valence-corrected chi connectivity index (χ3v) is 6.01. The normalized spacial score (nSPS) is 16.5. The van der Waals surface area contributed by atoms with E-state index in [1.165, 1.54) is 23.3 Å². The maximum Gasteiger partial charge on any atom is 0.350 e. The van der Waals surface area contributed by atoms with Crippen LogP contribution in [-0.2, 0) is 9.47 Å². The first-order chi connectivity index (χ1) is 14.6.